The van der Waals surface area contributed by atoms with E-state index < -0.39 is 11.7 Å². The average Bonchev–Trinajstić information content (AvgIpc) is 2.36. The molecule has 0 saturated heterocycles. The number of hydrogen-bond donors (Lipinski definition) is 0. The molecule has 0 bridgehead atoms. The molecule has 0 atom stereocenters. The molecule has 0 amide bonds. The fourth-order valence-electron chi connectivity index (χ4n) is 2.49. The van der Waals surface area contributed by atoms with Crippen molar-refractivity contribution in [1.82, 2.24) is 0 Å². The fraction of sp³-hybridized carbons (Fsp3) is 0.533. The zero-order valence-electron chi connectivity index (χ0n) is 11.4. The quantitative estimate of drug-likeness (QED) is 0.758. The zero-order chi connectivity index (χ0) is 14.8. The van der Waals surface area contributed by atoms with Crippen LogP contribution in [-0.2, 0) is 6.18 Å². The number of rotatable bonds is 5. The molecule has 0 heterocycles. The van der Waals surface area contributed by atoms with Crippen molar-refractivity contribution in [1.29, 1.82) is 0 Å². The van der Waals surface area contributed by atoms with Crippen LogP contribution in [0.5, 0.6) is 0 Å². The van der Waals surface area contributed by atoms with Gasteiger partial charge in [-0.05, 0) is 43.9 Å². The van der Waals surface area contributed by atoms with Crippen molar-refractivity contribution in [2.45, 2.75) is 32.4 Å². The van der Waals surface area contributed by atoms with E-state index in [4.69, 9.17) is 0 Å². The van der Waals surface area contributed by atoms with Crippen molar-refractivity contribution in [3.05, 3.63) is 29.3 Å². The van der Waals surface area contributed by atoms with Crippen molar-refractivity contribution in [2.24, 2.45) is 5.92 Å². The van der Waals surface area contributed by atoms with Crippen LogP contribution in [0.2, 0.25) is 0 Å². The van der Waals surface area contributed by atoms with Crippen LogP contribution in [0.3, 0.4) is 0 Å². The van der Waals surface area contributed by atoms with Crippen LogP contribution in [0.1, 0.15) is 42.1 Å². The van der Waals surface area contributed by atoms with Crippen molar-refractivity contribution in [2.75, 3.05) is 18.0 Å². The van der Waals surface area contributed by atoms with E-state index >= 15 is 0 Å². The van der Waals surface area contributed by atoms with E-state index in [1.54, 1.807) is 6.07 Å². The number of halogens is 3. The van der Waals surface area contributed by atoms with E-state index in [9.17, 15) is 18.0 Å². The molecule has 110 valence electrons. The maximum absolute atomic E-state index is 12.9. The Morgan fingerprint density at radius 1 is 1.35 bits per heavy atom. The van der Waals surface area contributed by atoms with Gasteiger partial charge in [0.1, 0.15) is 0 Å². The number of benzene rings is 1. The summed E-state index contributed by atoms with van der Waals surface area (Å²) in [6.45, 7) is 3.38. The Morgan fingerprint density at radius 2 is 2.05 bits per heavy atom. The summed E-state index contributed by atoms with van der Waals surface area (Å²) in [5, 5.41) is 0. The molecule has 1 aliphatic carbocycles. The highest BCUT2D eigenvalue weighted by atomic mass is 19.4. The Hall–Kier alpha value is -1.52. The number of hydrogen-bond acceptors (Lipinski definition) is 2. The second-order valence-corrected chi connectivity index (χ2v) is 5.22. The number of carbonyl (C=O) groups excluding carboxylic acids is 1. The van der Waals surface area contributed by atoms with Gasteiger partial charge in [-0.3, -0.25) is 4.79 Å². The first-order valence-corrected chi connectivity index (χ1v) is 6.87. The summed E-state index contributed by atoms with van der Waals surface area (Å²) in [5.41, 5.74) is -0.615. The summed E-state index contributed by atoms with van der Waals surface area (Å²) in [4.78, 5) is 12.7. The van der Waals surface area contributed by atoms with Gasteiger partial charge in [0.2, 0.25) is 0 Å². The Morgan fingerprint density at radius 3 is 2.50 bits per heavy atom. The third-order valence-corrected chi connectivity index (χ3v) is 3.92. The van der Waals surface area contributed by atoms with Crippen LogP contribution in [0.15, 0.2) is 18.2 Å². The molecule has 0 N–H and O–H groups in total. The van der Waals surface area contributed by atoms with Gasteiger partial charge in [0.05, 0.1) is 5.56 Å². The summed E-state index contributed by atoms with van der Waals surface area (Å²) < 4.78 is 38.8. The summed E-state index contributed by atoms with van der Waals surface area (Å²) in [6, 6.07) is 3.95. The molecule has 1 aromatic rings. The Bertz CT molecular complexity index is 480. The van der Waals surface area contributed by atoms with E-state index in [1.165, 1.54) is 12.5 Å². The zero-order valence-corrected chi connectivity index (χ0v) is 11.4. The van der Waals surface area contributed by atoms with E-state index in [0.717, 1.165) is 25.5 Å². The van der Waals surface area contributed by atoms with Gasteiger partial charge in [-0.15, -0.1) is 0 Å². The second kappa shape index (κ2) is 5.85. The molecular formula is C15H18F3NO. The number of alkyl halides is 3. The van der Waals surface area contributed by atoms with Crippen molar-refractivity contribution in [3.63, 3.8) is 0 Å². The van der Waals surface area contributed by atoms with E-state index in [2.05, 4.69) is 0 Å². The first-order chi connectivity index (χ1) is 9.45. The monoisotopic (exact) mass is 285 g/mol. The molecule has 2 nitrogen and oxygen atoms in total. The number of nitrogens with zero attached hydrogens (tertiary/aromatic N) is 1. The lowest BCUT2D eigenvalue weighted by atomic mass is 9.85. The molecule has 1 fully saturated rings. The van der Waals surface area contributed by atoms with Gasteiger partial charge in [0.25, 0.3) is 0 Å². The molecule has 5 heteroatoms. The summed E-state index contributed by atoms with van der Waals surface area (Å²) in [5.74, 6) is 0.579. The maximum Gasteiger partial charge on any atom is 0.417 e. The van der Waals surface area contributed by atoms with Gasteiger partial charge in [0, 0.05) is 24.3 Å². The van der Waals surface area contributed by atoms with Gasteiger partial charge in [-0.1, -0.05) is 6.42 Å². The van der Waals surface area contributed by atoms with Crippen molar-refractivity contribution < 1.29 is 18.0 Å². The molecule has 1 aliphatic rings. The van der Waals surface area contributed by atoms with Crippen LogP contribution >= 0.6 is 0 Å². The summed E-state index contributed by atoms with van der Waals surface area (Å²) in [7, 11) is 0. The topological polar surface area (TPSA) is 20.3 Å². The SMILES string of the molecule is CCN(CC1CCC1)c1ccc(C=O)c(C(F)(F)F)c1. The molecule has 0 spiro atoms. The Kier molecular flexibility index (Phi) is 4.35. The number of aldehydes is 1. The van der Waals surface area contributed by atoms with Crippen molar-refractivity contribution in [3.8, 4) is 0 Å². The number of carbonyl (C=O) groups is 1. The van der Waals surface area contributed by atoms with Crippen LogP contribution < -0.4 is 4.90 Å². The molecule has 0 radical (unpaired) electrons. The van der Waals surface area contributed by atoms with Gasteiger partial charge < -0.3 is 4.90 Å². The third-order valence-electron chi connectivity index (χ3n) is 3.92. The first kappa shape index (κ1) is 14.9. The highest BCUT2D eigenvalue weighted by Gasteiger charge is 2.34. The molecule has 2 rings (SSSR count). The minimum absolute atomic E-state index is 0.259. The minimum Gasteiger partial charge on any atom is -0.372 e. The van der Waals surface area contributed by atoms with Crippen LogP contribution in [-0.4, -0.2) is 19.4 Å². The van der Waals surface area contributed by atoms with Crippen LogP contribution in [0.4, 0.5) is 18.9 Å². The third kappa shape index (κ3) is 3.14. The van der Waals surface area contributed by atoms with E-state index in [1.807, 2.05) is 11.8 Å². The van der Waals surface area contributed by atoms with Crippen LogP contribution in [0, 0.1) is 5.92 Å². The molecule has 20 heavy (non-hydrogen) atoms. The lowest BCUT2D eigenvalue weighted by Crippen LogP contribution is -2.32. The normalized spacial score (nSPS) is 15.8. The Balaban J connectivity index is 2.28. The largest absolute Gasteiger partial charge is 0.417 e. The standard InChI is InChI=1S/C15H18F3NO/c1-2-19(9-11-4-3-5-11)13-7-6-12(10-20)14(8-13)15(16,17)18/h6-8,10-11H,2-5,9H2,1H3. The predicted octanol–water partition coefficient (Wildman–Crippen LogP) is 4.14. The van der Waals surface area contributed by atoms with Gasteiger partial charge >= 0.3 is 6.18 Å². The van der Waals surface area contributed by atoms with Crippen molar-refractivity contribution >= 4 is 12.0 Å². The highest BCUT2D eigenvalue weighted by molar-refractivity contribution is 5.79. The van der Waals surface area contributed by atoms with Gasteiger partial charge in [0.15, 0.2) is 6.29 Å². The second-order valence-electron chi connectivity index (χ2n) is 5.22. The van der Waals surface area contributed by atoms with Gasteiger partial charge in [-0.25, -0.2) is 0 Å². The van der Waals surface area contributed by atoms with E-state index in [0.29, 0.717) is 18.2 Å². The molecule has 1 aromatic carbocycles. The highest BCUT2D eigenvalue weighted by Crippen LogP contribution is 2.35. The van der Waals surface area contributed by atoms with Gasteiger partial charge in [-0.2, -0.15) is 13.2 Å². The molecule has 1 saturated carbocycles. The molecular weight excluding hydrogens is 267 g/mol. The average molecular weight is 285 g/mol. The number of anilines is 1. The Labute approximate surface area is 116 Å². The predicted molar refractivity (Wildman–Crippen MR) is 72.1 cm³/mol. The first-order valence-electron chi connectivity index (χ1n) is 6.87. The fourth-order valence-corrected chi connectivity index (χ4v) is 2.49. The van der Waals surface area contributed by atoms with Crippen LogP contribution in [0.25, 0.3) is 0 Å². The molecule has 0 aliphatic heterocycles. The summed E-state index contributed by atoms with van der Waals surface area (Å²) >= 11 is 0. The maximum atomic E-state index is 12.9. The van der Waals surface area contributed by atoms with E-state index in [-0.39, 0.29) is 11.8 Å². The lowest BCUT2D eigenvalue weighted by Gasteiger charge is -2.33. The lowest BCUT2D eigenvalue weighted by molar-refractivity contribution is -0.137. The minimum atomic E-state index is -4.50. The molecule has 0 unspecified atom stereocenters. The molecule has 0 aromatic heterocycles. The summed E-state index contributed by atoms with van der Waals surface area (Å²) in [6.07, 6.45) is -0.735. The smallest absolute Gasteiger partial charge is 0.372 e.